The van der Waals surface area contributed by atoms with E-state index in [0.29, 0.717) is 0 Å². The molecule has 4 N–H and O–H groups in total. The lowest BCUT2D eigenvalue weighted by Crippen LogP contribution is -2.91. The van der Waals surface area contributed by atoms with Crippen LogP contribution in [0.15, 0.2) is 0 Å². The van der Waals surface area contributed by atoms with E-state index < -0.39 is 96.7 Å². The predicted molar refractivity (Wildman–Crippen MR) is 76.9 cm³/mol. The minimum absolute atomic E-state index is 2.06. The van der Waals surface area contributed by atoms with Gasteiger partial charge in [-0.15, -0.1) is 0 Å². The first-order valence-electron chi connectivity index (χ1n) is 8.78. The number of hydrogen-bond donors (Lipinski definition) is 4. The third-order valence-electron chi connectivity index (χ3n) is 7.99. The Kier molecular flexibility index (Phi) is 4.89. The van der Waals surface area contributed by atoms with Crippen molar-refractivity contribution in [1.82, 2.24) is 0 Å². The molecule has 0 amide bonds. The van der Waals surface area contributed by atoms with Crippen LogP contribution in [0.25, 0.3) is 0 Å². The van der Waals surface area contributed by atoms with Crippen LogP contribution in [0.4, 0.5) is 48.3 Å². The standard InChI is InChI=1S/C16H17F11O4/c17-7(18)6-10(3-29)13(21)1-9(13,2-28)14(22,23)12(5-31,8(19)20)16(26,27)11(6,4-30)15(10,24)25/h6-8,28-31H,1-5H2. The molecule has 182 valence electrons. The summed E-state index contributed by atoms with van der Waals surface area (Å²) in [5.41, 5.74) is -23.6. The summed E-state index contributed by atoms with van der Waals surface area (Å²) in [7, 11) is 0. The third-order valence-corrected chi connectivity index (χ3v) is 7.99. The SMILES string of the molecule is OCC12CC1(F)C1(CO)C(C(F)F)C(CO)(C(F)(F)C(CO)(C(F)F)C2(F)F)C1(F)F. The maximum absolute atomic E-state index is 15.8. The Morgan fingerprint density at radius 2 is 1.13 bits per heavy atom. The van der Waals surface area contributed by atoms with Crippen LogP contribution in [0.2, 0.25) is 0 Å². The molecule has 0 aromatic heterocycles. The van der Waals surface area contributed by atoms with Gasteiger partial charge in [0.25, 0.3) is 24.2 Å². The predicted octanol–water partition coefficient (Wildman–Crippen LogP) is 2.09. The minimum Gasteiger partial charge on any atom is -0.395 e. The van der Waals surface area contributed by atoms with Crippen molar-refractivity contribution in [2.75, 3.05) is 26.4 Å². The molecule has 4 aliphatic carbocycles. The fraction of sp³-hybridized carbons (Fsp3) is 1.00. The van der Waals surface area contributed by atoms with E-state index in [4.69, 9.17) is 0 Å². The van der Waals surface area contributed by atoms with Crippen LogP contribution in [0.5, 0.6) is 0 Å². The van der Waals surface area contributed by atoms with Crippen molar-refractivity contribution in [3.63, 3.8) is 0 Å². The highest BCUT2D eigenvalue weighted by Gasteiger charge is 3.08. The van der Waals surface area contributed by atoms with Gasteiger partial charge in [-0.3, -0.25) is 0 Å². The van der Waals surface area contributed by atoms with Gasteiger partial charge in [0.05, 0.1) is 37.8 Å². The number of hydrogen-bond acceptors (Lipinski definition) is 4. The second kappa shape index (κ2) is 6.14. The average molecular weight is 482 g/mol. The minimum atomic E-state index is -6.35. The normalized spacial score (nSPS) is 49.3. The highest BCUT2D eigenvalue weighted by molar-refractivity contribution is 5.45. The maximum atomic E-state index is 15.8. The van der Waals surface area contributed by atoms with E-state index in [0.717, 1.165) is 0 Å². The molecular weight excluding hydrogens is 465 g/mol. The Labute approximate surface area is 166 Å². The van der Waals surface area contributed by atoms with E-state index in [1.807, 2.05) is 0 Å². The highest BCUT2D eigenvalue weighted by atomic mass is 19.3. The molecule has 31 heavy (non-hydrogen) atoms. The van der Waals surface area contributed by atoms with Gasteiger partial charge >= 0.3 is 0 Å². The first-order chi connectivity index (χ1) is 14.0. The molecule has 0 aromatic carbocycles. The van der Waals surface area contributed by atoms with Crippen molar-refractivity contribution in [3.05, 3.63) is 0 Å². The molecule has 0 aromatic rings. The lowest BCUT2D eigenvalue weighted by Gasteiger charge is -2.72. The van der Waals surface area contributed by atoms with E-state index in [2.05, 4.69) is 0 Å². The van der Waals surface area contributed by atoms with E-state index in [1.54, 1.807) is 0 Å². The number of aliphatic hydroxyl groups is 4. The third kappa shape index (κ3) is 1.79. The molecule has 4 aliphatic rings. The lowest BCUT2D eigenvalue weighted by atomic mass is 9.34. The van der Waals surface area contributed by atoms with Crippen LogP contribution in [-0.4, -0.2) is 83.1 Å². The van der Waals surface area contributed by atoms with Crippen LogP contribution in [0.1, 0.15) is 6.42 Å². The number of halogens is 11. The molecule has 6 atom stereocenters. The molecule has 0 spiro atoms. The molecule has 2 bridgehead atoms. The molecule has 4 saturated carbocycles. The van der Waals surface area contributed by atoms with Crippen molar-refractivity contribution in [3.8, 4) is 0 Å². The second-order valence-corrected chi connectivity index (χ2v) is 8.44. The van der Waals surface area contributed by atoms with Crippen molar-refractivity contribution >= 4 is 0 Å². The smallest absolute Gasteiger partial charge is 0.281 e. The number of fused-ring (bicyclic) bond motifs is 2. The van der Waals surface area contributed by atoms with Crippen molar-refractivity contribution in [2.24, 2.45) is 27.6 Å². The first-order valence-corrected chi connectivity index (χ1v) is 8.78. The summed E-state index contributed by atoms with van der Waals surface area (Å²) in [6.07, 6.45) is -11.6. The van der Waals surface area contributed by atoms with Gasteiger partial charge in [0.2, 0.25) is 6.43 Å². The van der Waals surface area contributed by atoms with Crippen LogP contribution in [0.3, 0.4) is 0 Å². The molecular formula is C16H17F11O4. The Morgan fingerprint density at radius 3 is 1.45 bits per heavy atom. The topological polar surface area (TPSA) is 80.9 Å². The second-order valence-electron chi connectivity index (χ2n) is 8.44. The molecule has 15 heteroatoms. The summed E-state index contributed by atoms with van der Waals surface area (Å²) >= 11 is 0. The lowest BCUT2D eigenvalue weighted by molar-refractivity contribution is -0.502. The fourth-order valence-corrected chi connectivity index (χ4v) is 6.23. The summed E-state index contributed by atoms with van der Waals surface area (Å²) in [5, 5.41) is 37.5. The molecule has 4 rings (SSSR count). The fourth-order valence-electron chi connectivity index (χ4n) is 6.23. The molecule has 0 heterocycles. The Balaban J connectivity index is 2.58. The van der Waals surface area contributed by atoms with E-state index >= 15 is 30.7 Å². The van der Waals surface area contributed by atoms with Gasteiger partial charge in [-0.1, -0.05) is 0 Å². The summed E-state index contributed by atoms with van der Waals surface area (Å²) in [6, 6.07) is 0. The number of aliphatic hydroxyl groups excluding tert-OH is 4. The number of rotatable bonds is 6. The van der Waals surface area contributed by atoms with Crippen LogP contribution < -0.4 is 0 Å². The van der Waals surface area contributed by atoms with Gasteiger partial charge in [0.15, 0.2) is 5.41 Å². The van der Waals surface area contributed by atoms with Crippen LogP contribution in [0, 0.1) is 27.6 Å². The van der Waals surface area contributed by atoms with Crippen molar-refractivity contribution in [1.29, 1.82) is 0 Å². The van der Waals surface area contributed by atoms with Crippen molar-refractivity contribution in [2.45, 2.75) is 42.7 Å². The monoisotopic (exact) mass is 482 g/mol. The summed E-state index contributed by atoms with van der Waals surface area (Å²) in [4.78, 5) is 0. The van der Waals surface area contributed by atoms with Crippen molar-refractivity contribution < 1.29 is 68.7 Å². The van der Waals surface area contributed by atoms with Gasteiger partial charge in [-0.25, -0.2) is 48.3 Å². The molecule has 0 aliphatic heterocycles. The maximum Gasteiger partial charge on any atom is 0.281 e. The molecule has 0 radical (unpaired) electrons. The Morgan fingerprint density at radius 1 is 0.645 bits per heavy atom. The van der Waals surface area contributed by atoms with Crippen LogP contribution in [-0.2, 0) is 0 Å². The van der Waals surface area contributed by atoms with E-state index in [-0.39, 0.29) is 0 Å². The molecule has 4 nitrogen and oxygen atoms in total. The van der Waals surface area contributed by atoms with Gasteiger partial charge in [0, 0.05) is 0 Å². The highest BCUT2D eigenvalue weighted by Crippen LogP contribution is 2.92. The molecule has 6 unspecified atom stereocenters. The summed E-state index contributed by atoms with van der Waals surface area (Å²) in [6.45, 7) is -10.5. The summed E-state index contributed by atoms with van der Waals surface area (Å²) < 4.78 is 163. The zero-order valence-electron chi connectivity index (χ0n) is 15.2. The average Bonchev–Trinajstić information content (AvgIpc) is 3.27. The zero-order chi connectivity index (χ0) is 24.3. The van der Waals surface area contributed by atoms with E-state index in [9.17, 15) is 38.0 Å². The zero-order valence-corrected chi connectivity index (χ0v) is 15.2. The molecule has 4 fully saturated rings. The Hall–Kier alpha value is -0.930. The van der Waals surface area contributed by atoms with Gasteiger partial charge < -0.3 is 20.4 Å². The Bertz CT molecular complexity index is 759. The largest absolute Gasteiger partial charge is 0.395 e. The van der Waals surface area contributed by atoms with Gasteiger partial charge in [-0.2, -0.15) is 0 Å². The first kappa shape index (κ1) is 24.7. The number of alkyl halides is 11. The van der Waals surface area contributed by atoms with Gasteiger partial charge in [0.1, 0.15) is 16.5 Å². The molecule has 0 saturated heterocycles. The van der Waals surface area contributed by atoms with Gasteiger partial charge in [-0.05, 0) is 6.42 Å². The van der Waals surface area contributed by atoms with E-state index in [1.165, 1.54) is 0 Å². The summed E-state index contributed by atoms with van der Waals surface area (Å²) in [5.74, 6) is -21.7. The quantitative estimate of drug-likeness (QED) is 0.438. The van der Waals surface area contributed by atoms with Crippen LogP contribution >= 0.6 is 0 Å².